The third kappa shape index (κ3) is 10.1. The van der Waals surface area contributed by atoms with E-state index < -0.39 is 0 Å². The number of hydrogen-bond acceptors (Lipinski definition) is 6. The lowest BCUT2D eigenvalue weighted by Gasteiger charge is -2.14. The van der Waals surface area contributed by atoms with Crippen molar-refractivity contribution in [2.75, 3.05) is 0 Å². The van der Waals surface area contributed by atoms with E-state index in [2.05, 4.69) is 328 Å². The smallest absolute Gasteiger partial charge is 0.161 e. The summed E-state index contributed by atoms with van der Waals surface area (Å²) in [7, 11) is 0. The topological polar surface area (TPSA) is 78.1 Å². The van der Waals surface area contributed by atoms with Crippen LogP contribution < -0.4 is 0 Å². The number of fused-ring (bicyclic) bond motifs is 28. The van der Waals surface area contributed by atoms with E-state index in [1.807, 2.05) is 42.5 Å². The highest BCUT2D eigenvalue weighted by Crippen LogP contribution is 2.45. The Balaban J connectivity index is 0.000000101. The molecule has 6 nitrogen and oxygen atoms in total. The molecule has 18 aromatic carbocycles. The van der Waals surface area contributed by atoms with E-state index in [1.165, 1.54) is 81.5 Å². The molecule has 0 aliphatic carbocycles. The molecule has 24 rings (SSSR count). The summed E-state index contributed by atoms with van der Waals surface area (Å²) in [6.45, 7) is 0. The predicted octanol–water partition coefficient (Wildman–Crippen LogP) is 28.8. The summed E-state index contributed by atoms with van der Waals surface area (Å²) in [5, 5.41) is 27.1. The first-order valence-electron chi connectivity index (χ1n) is 37.0. The third-order valence-corrected chi connectivity index (χ3v) is 22.2. The van der Waals surface area contributed by atoms with Gasteiger partial charge in [-0.25, -0.2) is 15.0 Å². The largest absolute Gasteiger partial charge is 0.454 e. The van der Waals surface area contributed by atoms with Gasteiger partial charge in [-0.15, -0.1) is 0 Å². The van der Waals surface area contributed by atoms with Crippen LogP contribution in [-0.2, 0) is 0 Å². The summed E-state index contributed by atoms with van der Waals surface area (Å²) in [5.41, 5.74) is 18.9. The van der Waals surface area contributed by atoms with Gasteiger partial charge in [0.2, 0.25) is 0 Å². The maximum absolute atomic E-state index is 6.42. The van der Waals surface area contributed by atoms with Gasteiger partial charge in [-0.1, -0.05) is 315 Å². The van der Waals surface area contributed by atoms with Crippen LogP contribution in [0.15, 0.2) is 383 Å². The number of nitrogens with zero attached hydrogens (tertiary/aromatic N) is 3. The molecule has 0 unspecified atom stereocenters. The molecule has 0 amide bonds. The van der Waals surface area contributed by atoms with Crippen LogP contribution in [0, 0.1) is 0 Å². The van der Waals surface area contributed by atoms with E-state index in [-0.39, 0.29) is 0 Å². The van der Waals surface area contributed by atoms with Gasteiger partial charge in [-0.05, 0) is 136 Å². The van der Waals surface area contributed by atoms with Crippen molar-refractivity contribution >= 4 is 174 Å². The SMILES string of the molecule is c1cc(-c2ccc3ccccc3c2)cc(-c2nc3c(ccc4c5ccccc5oc43)c3ccccc23)c1.c1ccc(-c2ccc(-c3nc4c(ccc5c6ccccc6oc54)c4ccccc34)cc2)cc1.c1ccc2c(c1)oc1c2ccc2c3ccccc3c(-c3ccc4c5ccccc5c5ccccc5c4c3)nc21. The van der Waals surface area contributed by atoms with Gasteiger partial charge in [0.05, 0.1) is 17.1 Å². The van der Waals surface area contributed by atoms with Gasteiger partial charge < -0.3 is 13.3 Å². The molecule has 0 spiro atoms. The number of hydrogen-bond donors (Lipinski definition) is 0. The highest BCUT2D eigenvalue weighted by atomic mass is 16.3. The summed E-state index contributed by atoms with van der Waals surface area (Å²) in [6.07, 6.45) is 0. The van der Waals surface area contributed by atoms with E-state index in [1.54, 1.807) is 0 Å². The molecule has 6 heterocycles. The Morgan fingerprint density at radius 3 is 0.899 bits per heavy atom. The van der Waals surface area contributed by atoms with Crippen LogP contribution in [0.3, 0.4) is 0 Å². The Morgan fingerprint density at radius 1 is 0.147 bits per heavy atom. The molecule has 0 aliphatic heterocycles. The normalized spacial score (nSPS) is 11.9. The molecule has 24 aromatic rings. The minimum absolute atomic E-state index is 0.844. The molecule has 0 saturated carbocycles. The molecule has 0 aliphatic rings. The molecule has 109 heavy (non-hydrogen) atoms. The summed E-state index contributed by atoms with van der Waals surface area (Å²) in [4.78, 5) is 15.8. The van der Waals surface area contributed by atoms with Crippen molar-refractivity contribution in [1.82, 2.24) is 15.0 Å². The zero-order valence-corrected chi connectivity index (χ0v) is 58.8. The first kappa shape index (κ1) is 61.8. The zero-order valence-electron chi connectivity index (χ0n) is 58.8. The van der Waals surface area contributed by atoms with Crippen molar-refractivity contribution in [3.8, 4) is 56.0 Å². The molecule has 0 atom stereocenters. The minimum Gasteiger partial charge on any atom is -0.454 e. The highest BCUT2D eigenvalue weighted by Gasteiger charge is 2.22. The fourth-order valence-corrected chi connectivity index (χ4v) is 17.0. The van der Waals surface area contributed by atoms with Crippen LogP contribution in [-0.4, -0.2) is 15.0 Å². The van der Waals surface area contributed by atoms with Crippen LogP contribution in [0.4, 0.5) is 0 Å². The van der Waals surface area contributed by atoms with E-state index >= 15 is 0 Å². The fourth-order valence-electron chi connectivity index (χ4n) is 17.0. The maximum Gasteiger partial charge on any atom is 0.161 e. The maximum atomic E-state index is 6.42. The number of aromatic nitrogens is 3. The van der Waals surface area contributed by atoms with Crippen molar-refractivity contribution in [3.63, 3.8) is 0 Å². The number of pyridine rings is 3. The molecule has 0 N–H and O–H groups in total. The van der Waals surface area contributed by atoms with Crippen molar-refractivity contribution in [3.05, 3.63) is 370 Å². The quantitative estimate of drug-likeness (QED) is 0.160. The number of para-hydroxylation sites is 3. The Labute approximate surface area is 624 Å². The van der Waals surface area contributed by atoms with E-state index in [9.17, 15) is 0 Å². The molecule has 0 bridgehead atoms. The Bertz CT molecular complexity index is 7830. The molecular weight excluding hydrogens is 1330 g/mol. The first-order chi connectivity index (χ1) is 54.0. The Hall–Kier alpha value is -14.6. The molecule has 506 valence electrons. The van der Waals surface area contributed by atoms with Crippen molar-refractivity contribution < 1.29 is 13.3 Å². The van der Waals surface area contributed by atoms with Crippen LogP contribution >= 0.6 is 0 Å². The number of rotatable bonds is 5. The highest BCUT2D eigenvalue weighted by molar-refractivity contribution is 6.28. The van der Waals surface area contributed by atoms with Crippen LogP contribution in [0.25, 0.3) is 230 Å². The third-order valence-electron chi connectivity index (χ3n) is 22.2. The summed E-state index contributed by atoms with van der Waals surface area (Å²) >= 11 is 0. The second-order valence-electron chi connectivity index (χ2n) is 28.3. The van der Waals surface area contributed by atoms with Gasteiger partial charge in [0.1, 0.15) is 33.3 Å². The van der Waals surface area contributed by atoms with Gasteiger partial charge in [0, 0.05) is 81.3 Å². The lowest BCUT2D eigenvalue weighted by Crippen LogP contribution is -1.91. The molecule has 6 heteroatoms. The molecule has 6 aromatic heterocycles. The molecule has 0 fully saturated rings. The predicted molar refractivity (Wildman–Crippen MR) is 457 cm³/mol. The fraction of sp³-hybridized carbons (Fsp3) is 0. The molecule has 0 saturated heterocycles. The Kier molecular flexibility index (Phi) is 14.2. The monoisotopic (exact) mass is 1390 g/mol. The van der Waals surface area contributed by atoms with Gasteiger partial charge in [0.25, 0.3) is 0 Å². The zero-order chi connectivity index (χ0) is 71.6. The van der Waals surface area contributed by atoms with E-state index in [4.69, 9.17) is 28.2 Å². The number of benzene rings is 18. The van der Waals surface area contributed by atoms with Crippen molar-refractivity contribution in [2.24, 2.45) is 0 Å². The Morgan fingerprint density at radius 2 is 0.431 bits per heavy atom. The molecule has 0 radical (unpaired) electrons. The van der Waals surface area contributed by atoms with Crippen LogP contribution in [0.2, 0.25) is 0 Å². The summed E-state index contributed by atoms with van der Waals surface area (Å²) < 4.78 is 19.1. The van der Waals surface area contributed by atoms with Crippen LogP contribution in [0.1, 0.15) is 0 Å². The van der Waals surface area contributed by atoms with Gasteiger partial charge in [0.15, 0.2) is 16.7 Å². The van der Waals surface area contributed by atoms with Crippen molar-refractivity contribution in [2.45, 2.75) is 0 Å². The molecular formula is C103H61N3O3. The van der Waals surface area contributed by atoms with E-state index in [0.717, 1.165) is 148 Å². The van der Waals surface area contributed by atoms with Crippen LogP contribution in [0.5, 0.6) is 0 Å². The summed E-state index contributed by atoms with van der Waals surface area (Å²) in [5.74, 6) is 0. The average Bonchev–Trinajstić information content (AvgIpc) is 1.73. The second kappa shape index (κ2) is 25.1. The first-order valence-corrected chi connectivity index (χ1v) is 37.0. The minimum atomic E-state index is 0.844. The van der Waals surface area contributed by atoms with Crippen molar-refractivity contribution in [1.29, 1.82) is 0 Å². The average molecular weight is 1390 g/mol. The van der Waals surface area contributed by atoms with E-state index in [0.29, 0.717) is 0 Å². The standard InChI is InChI=1S/C37H21NO.C35H21NO.C31H19NO/c1-2-11-25-23(9-1)24-10-3-4-12-26(24)33-21-22(17-18-28(25)33)35-30-15-6-5-13-27(30)31-19-20-32-29-14-7-8-16-34(29)39-37(32)36(31)38-35;1-2-9-23-20-25(17-16-22(23)8-1)24-10-7-11-26(21-24)33-29-14-4-3-12-27(29)30-18-19-31-28-13-5-6-15-32(28)37-35(31)34(30)36-33;1-2-8-20(9-3-1)21-14-16-22(17-15-21)29-25-12-5-4-10-23(25)26-18-19-27-24-11-6-7-13-28(24)33-31(27)30(26)32-29/h1-21H;1-21H;1-19H. The van der Waals surface area contributed by atoms with Gasteiger partial charge >= 0.3 is 0 Å². The second-order valence-corrected chi connectivity index (χ2v) is 28.3. The lowest BCUT2D eigenvalue weighted by atomic mass is 9.92. The van der Waals surface area contributed by atoms with Gasteiger partial charge in [-0.3, -0.25) is 0 Å². The summed E-state index contributed by atoms with van der Waals surface area (Å²) in [6, 6.07) is 131. The number of furan rings is 3. The lowest BCUT2D eigenvalue weighted by molar-refractivity contribution is 0.671. The van der Waals surface area contributed by atoms with Gasteiger partial charge in [-0.2, -0.15) is 0 Å².